The van der Waals surface area contributed by atoms with Crippen LogP contribution in [0.3, 0.4) is 0 Å². The highest BCUT2D eigenvalue weighted by Crippen LogP contribution is 2.46. The Labute approximate surface area is 104 Å². The van der Waals surface area contributed by atoms with Crippen LogP contribution in [0.15, 0.2) is 42.5 Å². The van der Waals surface area contributed by atoms with Gasteiger partial charge < -0.3 is 9.79 Å². The van der Waals surface area contributed by atoms with E-state index < -0.39 is 13.9 Å². The van der Waals surface area contributed by atoms with Gasteiger partial charge in [-0.15, -0.1) is 0 Å². The van der Waals surface area contributed by atoms with Gasteiger partial charge in [-0.1, -0.05) is 48.6 Å². The zero-order valence-corrected chi connectivity index (χ0v) is 10.2. The fourth-order valence-electron chi connectivity index (χ4n) is 2.31. The molecule has 0 radical (unpaired) electrons. The summed E-state index contributed by atoms with van der Waals surface area (Å²) in [7, 11) is -4.50. The Morgan fingerprint density at radius 3 is 2.56 bits per heavy atom. The first-order valence-corrected chi connectivity index (χ1v) is 7.01. The normalized spacial score (nSPS) is 18.2. The van der Waals surface area contributed by atoms with Gasteiger partial charge in [0.15, 0.2) is 0 Å². The van der Waals surface area contributed by atoms with E-state index in [1.807, 2.05) is 42.5 Å². The van der Waals surface area contributed by atoms with Gasteiger partial charge in [-0.05, 0) is 21.9 Å². The largest absolute Gasteiger partial charge is 0.470 e. The third-order valence-electron chi connectivity index (χ3n) is 2.98. The van der Waals surface area contributed by atoms with Gasteiger partial charge in [-0.25, -0.2) is 4.57 Å². The van der Waals surface area contributed by atoms with E-state index in [9.17, 15) is 4.57 Å². The number of hydrogen-bond acceptors (Lipinski definition) is 2. The topological polar surface area (TPSA) is 66.8 Å². The molecule has 0 saturated heterocycles. The molecular weight excluding hydrogens is 251 g/mol. The Hall–Kier alpha value is -1.45. The number of hydrogen-bond donors (Lipinski definition) is 2. The molecule has 18 heavy (non-hydrogen) atoms. The molecule has 0 fully saturated rings. The van der Waals surface area contributed by atoms with Gasteiger partial charge in [0.05, 0.1) is 0 Å². The highest BCUT2D eigenvalue weighted by molar-refractivity contribution is 7.46. The molecule has 5 heteroatoms. The second-order valence-corrected chi connectivity index (χ2v) is 5.36. The van der Waals surface area contributed by atoms with Crippen LogP contribution in [0.1, 0.15) is 17.2 Å². The van der Waals surface area contributed by atoms with Crippen molar-refractivity contribution >= 4 is 24.7 Å². The monoisotopic (exact) mass is 262 g/mol. The third kappa shape index (κ3) is 2.00. The van der Waals surface area contributed by atoms with Gasteiger partial charge in [0.25, 0.3) is 0 Å². The summed E-state index contributed by atoms with van der Waals surface area (Å²) in [4.78, 5) is 17.9. The molecule has 2 aromatic carbocycles. The summed E-state index contributed by atoms with van der Waals surface area (Å²) in [6, 6.07) is 11.5. The fraction of sp³-hybridized carbons (Fsp3) is 0.0769. The number of phosphoric ester groups is 1. The van der Waals surface area contributed by atoms with Crippen LogP contribution in [0, 0.1) is 0 Å². The standard InChI is InChI=1S/C13H11O4P/c14-18(15,16)17-12-8-7-10-4-1-3-9-5-2-6-11(12)13(9)10/h1-8,12H,(H2,14,15,16). The fourth-order valence-corrected chi connectivity index (χ4v) is 2.79. The molecule has 1 unspecified atom stereocenters. The summed E-state index contributed by atoms with van der Waals surface area (Å²) in [5, 5.41) is 2.02. The van der Waals surface area contributed by atoms with Crippen LogP contribution in [0.2, 0.25) is 0 Å². The predicted octanol–water partition coefficient (Wildman–Crippen LogP) is 3.02. The second-order valence-electron chi connectivity index (χ2n) is 4.17. The summed E-state index contributed by atoms with van der Waals surface area (Å²) in [5.74, 6) is 0. The van der Waals surface area contributed by atoms with Crippen molar-refractivity contribution in [3.05, 3.63) is 53.6 Å². The molecule has 1 aliphatic carbocycles. The maximum Gasteiger partial charge on any atom is 0.470 e. The molecule has 0 spiro atoms. The molecule has 0 amide bonds. The number of rotatable bonds is 2. The van der Waals surface area contributed by atoms with Gasteiger partial charge in [-0.2, -0.15) is 0 Å². The van der Waals surface area contributed by atoms with Crippen molar-refractivity contribution in [3.63, 3.8) is 0 Å². The lowest BCUT2D eigenvalue weighted by atomic mass is 9.92. The Morgan fingerprint density at radius 2 is 1.83 bits per heavy atom. The molecule has 0 heterocycles. The van der Waals surface area contributed by atoms with E-state index in [0.29, 0.717) is 0 Å². The van der Waals surface area contributed by atoms with Crippen LogP contribution < -0.4 is 0 Å². The molecule has 1 aliphatic rings. The van der Waals surface area contributed by atoms with E-state index in [2.05, 4.69) is 0 Å². The molecule has 0 bridgehead atoms. The maximum absolute atomic E-state index is 11.0. The summed E-state index contributed by atoms with van der Waals surface area (Å²) >= 11 is 0. The average molecular weight is 262 g/mol. The number of phosphoric acid groups is 1. The minimum Gasteiger partial charge on any atom is -0.303 e. The van der Waals surface area contributed by atoms with Crippen LogP contribution in [0.4, 0.5) is 0 Å². The van der Waals surface area contributed by atoms with E-state index in [-0.39, 0.29) is 0 Å². The van der Waals surface area contributed by atoms with Crippen LogP contribution >= 0.6 is 7.82 Å². The average Bonchev–Trinajstić information content (AvgIpc) is 2.32. The second kappa shape index (κ2) is 4.04. The van der Waals surface area contributed by atoms with E-state index in [1.165, 1.54) is 0 Å². The first kappa shape index (κ1) is 11.6. The molecule has 1 atom stereocenters. The number of benzene rings is 2. The minimum absolute atomic E-state index is 0.704. The summed E-state index contributed by atoms with van der Waals surface area (Å²) < 4.78 is 15.8. The molecule has 0 saturated carbocycles. The van der Waals surface area contributed by atoms with Crippen molar-refractivity contribution in [2.24, 2.45) is 0 Å². The van der Waals surface area contributed by atoms with Crippen LogP contribution in [0.5, 0.6) is 0 Å². The zero-order chi connectivity index (χ0) is 12.8. The van der Waals surface area contributed by atoms with Crippen molar-refractivity contribution in [3.8, 4) is 0 Å². The van der Waals surface area contributed by atoms with Crippen molar-refractivity contribution in [2.45, 2.75) is 6.10 Å². The smallest absolute Gasteiger partial charge is 0.303 e. The van der Waals surface area contributed by atoms with Gasteiger partial charge in [0.1, 0.15) is 6.10 Å². The van der Waals surface area contributed by atoms with Gasteiger partial charge >= 0.3 is 7.82 Å². The maximum atomic E-state index is 11.0. The summed E-state index contributed by atoms with van der Waals surface area (Å²) in [6.45, 7) is 0. The Morgan fingerprint density at radius 1 is 1.11 bits per heavy atom. The van der Waals surface area contributed by atoms with E-state index in [0.717, 1.165) is 21.9 Å². The van der Waals surface area contributed by atoms with Crippen molar-refractivity contribution in [2.75, 3.05) is 0 Å². The lowest BCUT2D eigenvalue weighted by Gasteiger charge is -2.21. The molecule has 4 nitrogen and oxygen atoms in total. The minimum atomic E-state index is -4.50. The van der Waals surface area contributed by atoms with Gasteiger partial charge in [0, 0.05) is 0 Å². The van der Waals surface area contributed by atoms with Crippen molar-refractivity contribution in [1.29, 1.82) is 0 Å². The first-order valence-electron chi connectivity index (χ1n) is 5.48. The van der Waals surface area contributed by atoms with Gasteiger partial charge in [0.2, 0.25) is 0 Å². The molecular formula is C13H11O4P. The zero-order valence-electron chi connectivity index (χ0n) is 9.35. The molecule has 92 valence electrons. The van der Waals surface area contributed by atoms with Gasteiger partial charge in [-0.3, -0.25) is 4.52 Å². The molecule has 0 aliphatic heterocycles. The summed E-state index contributed by atoms with van der Waals surface area (Å²) in [6.07, 6.45) is 2.79. The molecule has 2 N–H and O–H groups in total. The quantitative estimate of drug-likeness (QED) is 0.816. The van der Waals surface area contributed by atoms with E-state index in [1.54, 1.807) is 6.08 Å². The highest BCUT2D eigenvalue weighted by atomic mass is 31.2. The Bertz CT molecular complexity index is 681. The lowest BCUT2D eigenvalue weighted by Crippen LogP contribution is -2.04. The molecule has 0 aromatic heterocycles. The van der Waals surface area contributed by atoms with Crippen molar-refractivity contribution < 1.29 is 18.9 Å². The Balaban J connectivity index is 2.19. The van der Waals surface area contributed by atoms with E-state index >= 15 is 0 Å². The molecule has 3 rings (SSSR count). The van der Waals surface area contributed by atoms with E-state index in [4.69, 9.17) is 14.3 Å². The summed E-state index contributed by atoms with van der Waals surface area (Å²) in [5.41, 5.74) is 1.82. The Kier molecular flexibility index (Phi) is 2.61. The van der Waals surface area contributed by atoms with Crippen LogP contribution in [0.25, 0.3) is 16.8 Å². The predicted molar refractivity (Wildman–Crippen MR) is 68.9 cm³/mol. The van der Waals surface area contributed by atoms with Crippen LogP contribution in [-0.4, -0.2) is 9.79 Å². The first-order chi connectivity index (χ1) is 8.54. The third-order valence-corrected chi connectivity index (χ3v) is 3.48. The molecule has 2 aromatic rings. The van der Waals surface area contributed by atoms with Crippen molar-refractivity contribution in [1.82, 2.24) is 0 Å². The lowest BCUT2D eigenvalue weighted by molar-refractivity contribution is 0.163. The highest BCUT2D eigenvalue weighted by Gasteiger charge is 2.25. The van der Waals surface area contributed by atoms with Crippen LogP contribution in [-0.2, 0) is 9.09 Å². The SMILES string of the molecule is O=P(O)(O)OC1C=Cc2cccc3cccc1c23.